The Morgan fingerprint density at radius 1 is 1.29 bits per heavy atom. The van der Waals surface area contributed by atoms with Crippen molar-refractivity contribution in [3.63, 3.8) is 0 Å². The first-order chi connectivity index (χ1) is 9.70. The van der Waals surface area contributed by atoms with Gasteiger partial charge < -0.3 is 10.5 Å². The van der Waals surface area contributed by atoms with E-state index >= 15 is 0 Å². The van der Waals surface area contributed by atoms with E-state index in [2.05, 4.69) is 4.72 Å². The Balaban J connectivity index is 2.34. The van der Waals surface area contributed by atoms with Gasteiger partial charge in [0, 0.05) is 18.9 Å². The molecule has 0 aliphatic carbocycles. The number of hydrogen-bond donors (Lipinski definition) is 2. The van der Waals surface area contributed by atoms with Crippen molar-refractivity contribution in [3.8, 4) is 0 Å². The van der Waals surface area contributed by atoms with Gasteiger partial charge in [-0.05, 0) is 31.0 Å². The minimum atomic E-state index is -3.89. The number of sulfonamides is 1. The number of anilines is 1. The number of nitrogens with one attached hydrogen (secondary N) is 1. The highest BCUT2D eigenvalue weighted by atomic mass is 32.2. The van der Waals surface area contributed by atoms with E-state index in [1.165, 1.54) is 12.1 Å². The molecule has 9 heteroatoms. The normalized spacial score (nSPS) is 20.3. The number of nitrogens with two attached hydrogens (primary N) is 1. The average Bonchev–Trinajstić information content (AvgIpc) is 2.38. The van der Waals surface area contributed by atoms with E-state index in [9.17, 15) is 16.8 Å². The molecule has 1 saturated heterocycles. The number of ether oxygens (including phenoxy) is 1. The molecular formula is C12H18N2O5S2. The van der Waals surface area contributed by atoms with Crippen molar-refractivity contribution >= 4 is 25.5 Å². The van der Waals surface area contributed by atoms with Crippen LogP contribution in [0.3, 0.4) is 0 Å². The molecule has 118 valence electrons. The molecule has 0 aromatic heterocycles. The van der Waals surface area contributed by atoms with Gasteiger partial charge in [-0.1, -0.05) is 0 Å². The predicted octanol–water partition coefficient (Wildman–Crippen LogP) is 0.130. The van der Waals surface area contributed by atoms with Gasteiger partial charge in [0.1, 0.15) is 4.90 Å². The maximum absolute atomic E-state index is 12.4. The van der Waals surface area contributed by atoms with Gasteiger partial charge in [0.15, 0.2) is 9.84 Å². The zero-order chi connectivity index (χ0) is 15.7. The fraction of sp³-hybridized carbons (Fsp3) is 0.500. The highest BCUT2D eigenvalue weighted by molar-refractivity contribution is 7.91. The quantitative estimate of drug-likeness (QED) is 0.756. The Hall–Kier alpha value is -1.16. The summed E-state index contributed by atoms with van der Waals surface area (Å²) in [7, 11) is -7.40. The second-order valence-electron chi connectivity index (χ2n) is 5.01. The maximum Gasteiger partial charge on any atom is 0.242 e. The molecule has 1 heterocycles. The summed E-state index contributed by atoms with van der Waals surface area (Å²) in [6.45, 7) is 0.912. The molecule has 2 rings (SSSR count). The van der Waals surface area contributed by atoms with E-state index in [4.69, 9.17) is 10.5 Å². The summed E-state index contributed by atoms with van der Waals surface area (Å²) in [6, 6.07) is 3.32. The fourth-order valence-electron chi connectivity index (χ4n) is 2.09. The van der Waals surface area contributed by atoms with Crippen LogP contribution < -0.4 is 10.5 Å². The summed E-state index contributed by atoms with van der Waals surface area (Å²) in [4.78, 5) is -0.312. The van der Waals surface area contributed by atoms with E-state index in [0.29, 0.717) is 19.6 Å². The van der Waals surface area contributed by atoms with Crippen molar-refractivity contribution in [1.29, 1.82) is 0 Å². The zero-order valence-electron chi connectivity index (χ0n) is 11.6. The van der Waals surface area contributed by atoms with Gasteiger partial charge in [0.25, 0.3) is 0 Å². The minimum Gasteiger partial charge on any atom is -0.398 e. The Kier molecular flexibility index (Phi) is 4.57. The first-order valence-electron chi connectivity index (χ1n) is 6.40. The minimum absolute atomic E-state index is 0.00614. The van der Waals surface area contributed by atoms with Crippen LogP contribution in [-0.2, 0) is 24.6 Å². The lowest BCUT2D eigenvalue weighted by molar-refractivity contribution is 0.0774. The summed E-state index contributed by atoms with van der Waals surface area (Å²) in [5, 5.41) is 0. The summed E-state index contributed by atoms with van der Waals surface area (Å²) >= 11 is 0. The molecule has 1 fully saturated rings. The third-order valence-corrected chi connectivity index (χ3v) is 5.87. The van der Waals surface area contributed by atoms with Crippen molar-refractivity contribution in [3.05, 3.63) is 18.2 Å². The smallest absolute Gasteiger partial charge is 0.242 e. The Morgan fingerprint density at radius 2 is 2.00 bits per heavy atom. The number of sulfone groups is 1. The molecule has 7 nitrogen and oxygen atoms in total. The van der Waals surface area contributed by atoms with Crippen LogP contribution in [0.15, 0.2) is 28.0 Å². The first kappa shape index (κ1) is 16.2. The van der Waals surface area contributed by atoms with Crippen LogP contribution in [0.2, 0.25) is 0 Å². The molecule has 1 aromatic carbocycles. The van der Waals surface area contributed by atoms with Gasteiger partial charge in [0.2, 0.25) is 10.0 Å². The van der Waals surface area contributed by atoms with Crippen molar-refractivity contribution < 1.29 is 21.6 Å². The Morgan fingerprint density at radius 3 is 2.57 bits per heavy atom. The number of hydrogen-bond acceptors (Lipinski definition) is 6. The number of benzene rings is 1. The Bertz CT molecular complexity index is 722. The lowest BCUT2D eigenvalue weighted by Gasteiger charge is -2.23. The van der Waals surface area contributed by atoms with Crippen molar-refractivity contribution in [2.75, 3.05) is 25.2 Å². The molecule has 0 radical (unpaired) electrons. The first-order valence-corrected chi connectivity index (χ1v) is 9.77. The van der Waals surface area contributed by atoms with Crippen LogP contribution in [0.4, 0.5) is 5.69 Å². The molecule has 0 spiro atoms. The molecule has 1 aliphatic heterocycles. The van der Waals surface area contributed by atoms with Crippen LogP contribution in [0, 0.1) is 0 Å². The summed E-state index contributed by atoms with van der Waals surface area (Å²) < 4.78 is 55.5. The van der Waals surface area contributed by atoms with Crippen LogP contribution in [0.25, 0.3) is 0 Å². The molecule has 0 bridgehead atoms. The maximum atomic E-state index is 12.4. The lowest BCUT2D eigenvalue weighted by atomic mass is 10.1. The fourth-order valence-corrected chi connectivity index (χ4v) is 4.23. The van der Waals surface area contributed by atoms with Gasteiger partial charge in [-0.25, -0.2) is 21.6 Å². The van der Waals surface area contributed by atoms with Gasteiger partial charge >= 0.3 is 0 Å². The molecule has 1 unspecified atom stereocenters. The van der Waals surface area contributed by atoms with Crippen molar-refractivity contribution in [2.45, 2.75) is 28.7 Å². The average molecular weight is 334 g/mol. The van der Waals surface area contributed by atoms with Crippen LogP contribution in [0.1, 0.15) is 12.8 Å². The van der Waals surface area contributed by atoms with Crippen molar-refractivity contribution in [1.82, 2.24) is 4.72 Å². The zero-order valence-corrected chi connectivity index (χ0v) is 13.2. The van der Waals surface area contributed by atoms with E-state index in [1.54, 1.807) is 0 Å². The van der Waals surface area contributed by atoms with E-state index in [-0.39, 0.29) is 21.5 Å². The molecule has 1 atom stereocenters. The van der Waals surface area contributed by atoms with Gasteiger partial charge in [-0.3, -0.25) is 0 Å². The van der Waals surface area contributed by atoms with Crippen molar-refractivity contribution in [2.24, 2.45) is 0 Å². The highest BCUT2D eigenvalue weighted by Crippen LogP contribution is 2.23. The third kappa shape index (κ3) is 3.94. The molecule has 0 saturated carbocycles. The van der Waals surface area contributed by atoms with E-state index < -0.39 is 19.9 Å². The van der Waals surface area contributed by atoms with Crippen LogP contribution in [0.5, 0.6) is 0 Å². The molecule has 1 aromatic rings. The largest absolute Gasteiger partial charge is 0.398 e. The van der Waals surface area contributed by atoms with Gasteiger partial charge in [-0.15, -0.1) is 0 Å². The monoisotopic (exact) mass is 334 g/mol. The van der Waals surface area contributed by atoms with E-state index in [0.717, 1.165) is 18.7 Å². The summed E-state index contributed by atoms with van der Waals surface area (Å²) in [5.41, 5.74) is 5.68. The molecule has 1 aliphatic rings. The third-order valence-electron chi connectivity index (χ3n) is 3.18. The van der Waals surface area contributed by atoms with Gasteiger partial charge in [0.05, 0.1) is 17.2 Å². The topological polar surface area (TPSA) is 116 Å². The summed E-state index contributed by atoms with van der Waals surface area (Å²) in [5.74, 6) is 0. The molecular weight excluding hydrogens is 316 g/mol. The number of rotatable bonds is 4. The standard InChI is InChI=1S/C12H18N2O5S2/c1-20(15,16)10-4-5-11(13)12(7-10)21(17,18)14-9-3-2-6-19-8-9/h4-5,7,9,14H,2-3,6,8,13H2,1H3. The summed E-state index contributed by atoms with van der Waals surface area (Å²) in [6.07, 6.45) is 2.45. The Labute approximate surface area is 124 Å². The predicted molar refractivity (Wildman–Crippen MR) is 78.1 cm³/mol. The van der Waals surface area contributed by atoms with Crippen LogP contribution >= 0.6 is 0 Å². The lowest BCUT2D eigenvalue weighted by Crippen LogP contribution is -2.40. The van der Waals surface area contributed by atoms with Gasteiger partial charge in [-0.2, -0.15) is 0 Å². The molecule has 21 heavy (non-hydrogen) atoms. The molecule has 3 N–H and O–H groups in total. The highest BCUT2D eigenvalue weighted by Gasteiger charge is 2.25. The SMILES string of the molecule is CS(=O)(=O)c1ccc(N)c(S(=O)(=O)NC2CCCOC2)c1. The second-order valence-corrected chi connectivity index (χ2v) is 8.71. The van der Waals surface area contributed by atoms with Crippen LogP contribution in [-0.4, -0.2) is 42.3 Å². The number of nitrogen functional groups attached to an aromatic ring is 1. The van der Waals surface area contributed by atoms with E-state index in [1.807, 2.05) is 0 Å². The molecule has 0 amide bonds. The second kappa shape index (κ2) is 5.91.